The number of nitrogens with zero attached hydrogens (tertiary/aromatic N) is 5. The summed E-state index contributed by atoms with van der Waals surface area (Å²) in [6.45, 7) is 2.88. The molecular weight excluding hydrogens is 466 g/mol. The van der Waals surface area contributed by atoms with Gasteiger partial charge in [0.25, 0.3) is 0 Å². The number of hydrogen-bond acceptors (Lipinski definition) is 4. The van der Waals surface area contributed by atoms with Crippen LogP contribution < -0.4 is 4.74 Å². The van der Waals surface area contributed by atoms with Crippen molar-refractivity contribution in [2.45, 2.75) is 32.2 Å². The Labute approximate surface area is 195 Å². The topological polar surface area (TPSA) is 57.8 Å². The molecule has 0 bridgehead atoms. The average Bonchev–Trinajstić information content (AvgIpc) is 3.43. The van der Waals surface area contributed by atoms with E-state index in [-0.39, 0.29) is 5.92 Å². The molecule has 0 N–H and O–H groups in total. The van der Waals surface area contributed by atoms with E-state index in [1.165, 1.54) is 5.56 Å². The quantitative estimate of drug-likeness (QED) is 0.364. The number of rotatable bonds is 5. The Hall–Kier alpha value is -3.19. The fraction of sp³-hybridized carbons (Fsp3) is 0.240. The number of aryl methyl sites for hydroxylation is 2. The van der Waals surface area contributed by atoms with Crippen molar-refractivity contribution in [1.82, 2.24) is 24.3 Å². The summed E-state index contributed by atoms with van der Waals surface area (Å²) in [4.78, 5) is 9.17. The molecule has 2 aromatic heterocycles. The molecule has 0 saturated carbocycles. The number of benzene rings is 2. The van der Waals surface area contributed by atoms with Gasteiger partial charge < -0.3 is 9.30 Å². The van der Waals surface area contributed by atoms with Crippen molar-refractivity contribution < 1.29 is 4.74 Å². The molecule has 0 spiro atoms. The molecule has 1 atom stereocenters. The maximum atomic E-state index is 5.62. The molecule has 5 rings (SSSR count). The highest BCUT2D eigenvalue weighted by Crippen LogP contribution is 2.33. The summed E-state index contributed by atoms with van der Waals surface area (Å²) in [6.07, 6.45) is 9.97. The minimum absolute atomic E-state index is 0.282. The lowest BCUT2D eigenvalue weighted by atomic mass is 9.91. The zero-order valence-corrected chi connectivity index (χ0v) is 19.7. The molecule has 162 valence electrons. The van der Waals surface area contributed by atoms with Crippen molar-refractivity contribution in [2.24, 2.45) is 0 Å². The molecule has 3 heterocycles. The maximum absolute atomic E-state index is 5.62. The Balaban J connectivity index is 1.40. The first kappa shape index (κ1) is 20.7. The average molecular weight is 490 g/mol. The lowest BCUT2D eigenvalue weighted by molar-refractivity contribution is 0.413. The first-order valence-electron chi connectivity index (χ1n) is 10.7. The third-order valence-electron chi connectivity index (χ3n) is 5.78. The van der Waals surface area contributed by atoms with Gasteiger partial charge in [-0.1, -0.05) is 40.2 Å². The van der Waals surface area contributed by atoms with Gasteiger partial charge in [-0.2, -0.15) is 5.10 Å². The monoisotopic (exact) mass is 489 g/mol. The van der Waals surface area contributed by atoms with Crippen molar-refractivity contribution in [2.75, 3.05) is 7.11 Å². The van der Waals surface area contributed by atoms with E-state index in [9.17, 15) is 0 Å². The molecule has 6 nitrogen and oxygen atoms in total. The van der Waals surface area contributed by atoms with Gasteiger partial charge in [-0.15, -0.1) is 0 Å². The van der Waals surface area contributed by atoms with Crippen molar-refractivity contribution in [3.8, 4) is 11.4 Å². The maximum Gasteiger partial charge on any atom is 0.174 e. The summed E-state index contributed by atoms with van der Waals surface area (Å²) in [7, 11) is 1.68. The first-order valence-corrected chi connectivity index (χ1v) is 11.5. The lowest BCUT2D eigenvalue weighted by Gasteiger charge is -2.22. The van der Waals surface area contributed by atoms with Crippen molar-refractivity contribution >= 4 is 28.1 Å². The van der Waals surface area contributed by atoms with Gasteiger partial charge in [0.15, 0.2) is 5.82 Å². The predicted octanol–water partition coefficient (Wildman–Crippen LogP) is 5.64. The molecular formula is C25H24BrN5O. The van der Waals surface area contributed by atoms with Gasteiger partial charge in [0, 0.05) is 23.1 Å². The Bertz CT molecular complexity index is 1270. The molecule has 0 amide bonds. The molecule has 7 heteroatoms. The summed E-state index contributed by atoms with van der Waals surface area (Å²) in [6, 6.07) is 14.6. The van der Waals surface area contributed by atoms with Crippen LogP contribution in [-0.4, -0.2) is 31.4 Å². The summed E-state index contributed by atoms with van der Waals surface area (Å²) >= 11 is 3.52. The molecule has 1 aliphatic heterocycles. The number of halogens is 1. The van der Waals surface area contributed by atoms with E-state index < -0.39 is 0 Å². The van der Waals surface area contributed by atoms with E-state index in [1.54, 1.807) is 13.4 Å². The molecule has 0 saturated heterocycles. The van der Waals surface area contributed by atoms with Crippen LogP contribution in [0, 0.1) is 6.92 Å². The molecule has 0 aliphatic carbocycles. The number of aromatic nitrogens is 5. The Morgan fingerprint density at radius 2 is 1.97 bits per heavy atom. The molecule has 32 heavy (non-hydrogen) atoms. The second-order valence-corrected chi connectivity index (χ2v) is 8.90. The molecule has 1 unspecified atom stereocenters. The van der Waals surface area contributed by atoms with Crippen LogP contribution in [0.4, 0.5) is 0 Å². The number of imidazole rings is 1. The Kier molecular flexibility index (Phi) is 5.66. The van der Waals surface area contributed by atoms with Crippen LogP contribution in [0.2, 0.25) is 0 Å². The zero-order valence-electron chi connectivity index (χ0n) is 18.1. The second kappa shape index (κ2) is 8.74. The van der Waals surface area contributed by atoms with Gasteiger partial charge in [-0.25, -0.2) is 14.6 Å². The van der Waals surface area contributed by atoms with Crippen LogP contribution in [-0.2, 0) is 6.54 Å². The number of fused-ring (bicyclic) bond motifs is 1. The molecule has 4 aromatic rings. The van der Waals surface area contributed by atoms with Gasteiger partial charge in [0.05, 0.1) is 24.8 Å². The highest BCUT2D eigenvalue weighted by atomic mass is 79.9. The van der Waals surface area contributed by atoms with Gasteiger partial charge in [-0.3, -0.25) is 0 Å². The van der Waals surface area contributed by atoms with Gasteiger partial charge in [-0.05, 0) is 61.2 Å². The minimum atomic E-state index is 0.282. The van der Waals surface area contributed by atoms with E-state index >= 15 is 0 Å². The Morgan fingerprint density at radius 3 is 2.72 bits per heavy atom. The van der Waals surface area contributed by atoms with E-state index in [2.05, 4.69) is 55.9 Å². The first-order chi connectivity index (χ1) is 15.6. The van der Waals surface area contributed by atoms with E-state index in [1.807, 2.05) is 42.0 Å². The number of hydrogen-bond donors (Lipinski definition) is 0. The van der Waals surface area contributed by atoms with Crippen LogP contribution in [0.5, 0.6) is 5.75 Å². The summed E-state index contributed by atoms with van der Waals surface area (Å²) in [5.74, 6) is 2.85. The normalized spacial score (nSPS) is 15.8. The molecule has 2 aromatic carbocycles. The third-order valence-corrected chi connectivity index (χ3v) is 6.31. The summed E-state index contributed by atoms with van der Waals surface area (Å²) in [5, 5.41) is 4.74. The van der Waals surface area contributed by atoms with Crippen LogP contribution in [0.3, 0.4) is 0 Å². The molecule has 1 aliphatic rings. The molecule has 0 fully saturated rings. The number of ether oxygens (including phenoxy) is 1. The smallest absolute Gasteiger partial charge is 0.174 e. The fourth-order valence-corrected chi connectivity index (χ4v) is 4.45. The lowest BCUT2D eigenvalue weighted by Crippen LogP contribution is -2.17. The van der Waals surface area contributed by atoms with E-state index in [4.69, 9.17) is 14.8 Å². The second-order valence-electron chi connectivity index (χ2n) is 7.98. The van der Waals surface area contributed by atoms with Gasteiger partial charge in [0.1, 0.15) is 11.6 Å². The third kappa shape index (κ3) is 4.12. The predicted molar refractivity (Wildman–Crippen MR) is 129 cm³/mol. The van der Waals surface area contributed by atoms with Gasteiger partial charge in [0.2, 0.25) is 0 Å². The largest absolute Gasteiger partial charge is 0.495 e. The minimum Gasteiger partial charge on any atom is -0.495 e. The SMILES string of the molecule is COc1cc(C=Cc2nc3n(n2)CCCC3c2ccc(Br)cc2)ccc1-n1cnc(C)c1. The van der Waals surface area contributed by atoms with Crippen LogP contribution in [0.15, 0.2) is 59.5 Å². The van der Waals surface area contributed by atoms with Crippen molar-refractivity contribution in [1.29, 1.82) is 0 Å². The van der Waals surface area contributed by atoms with Crippen LogP contribution in [0.1, 0.15) is 47.2 Å². The number of methoxy groups -OCH3 is 1. The highest BCUT2D eigenvalue weighted by molar-refractivity contribution is 9.10. The van der Waals surface area contributed by atoms with E-state index in [0.717, 1.165) is 58.2 Å². The van der Waals surface area contributed by atoms with Crippen LogP contribution in [0.25, 0.3) is 17.8 Å². The summed E-state index contributed by atoms with van der Waals surface area (Å²) < 4.78 is 10.7. The van der Waals surface area contributed by atoms with Crippen molar-refractivity contribution in [3.05, 3.63) is 87.9 Å². The van der Waals surface area contributed by atoms with Crippen molar-refractivity contribution in [3.63, 3.8) is 0 Å². The zero-order chi connectivity index (χ0) is 22.1. The summed E-state index contributed by atoms with van der Waals surface area (Å²) in [5.41, 5.74) is 4.23. The highest BCUT2D eigenvalue weighted by Gasteiger charge is 2.25. The van der Waals surface area contributed by atoms with E-state index in [0.29, 0.717) is 0 Å². The standard InChI is InChI=1S/C25H24BrN5O/c1-17-15-30(16-27-17)22-11-5-18(14-23(22)32-2)6-12-24-28-25-21(4-3-13-31(25)29-24)19-7-9-20(26)10-8-19/h5-12,14-16,21H,3-4,13H2,1-2H3. The Morgan fingerprint density at radius 1 is 1.12 bits per heavy atom. The molecule has 0 radical (unpaired) electrons. The van der Waals surface area contributed by atoms with Crippen LogP contribution >= 0.6 is 15.9 Å². The van der Waals surface area contributed by atoms with Gasteiger partial charge >= 0.3 is 0 Å². The fourth-order valence-electron chi connectivity index (χ4n) is 4.19.